The van der Waals surface area contributed by atoms with Crippen molar-refractivity contribution in [1.29, 1.82) is 0 Å². The van der Waals surface area contributed by atoms with Crippen LogP contribution in [0.15, 0.2) is 71.2 Å². The Kier molecular flexibility index (Phi) is 7.10. The maximum absolute atomic E-state index is 13.7. The molecule has 12 heteroatoms. The topological polar surface area (TPSA) is 97.6 Å². The number of benzene rings is 1. The highest BCUT2D eigenvalue weighted by Crippen LogP contribution is 2.29. The molecule has 4 aromatic heterocycles. The van der Waals surface area contributed by atoms with E-state index >= 15 is 0 Å². The van der Waals surface area contributed by atoms with Gasteiger partial charge in [-0.05, 0) is 60.9 Å². The predicted octanol–water partition coefficient (Wildman–Crippen LogP) is 5.97. The lowest BCUT2D eigenvalue weighted by molar-refractivity contribution is -0.140. The highest BCUT2D eigenvalue weighted by Gasteiger charge is 2.30. The summed E-state index contributed by atoms with van der Waals surface area (Å²) in [5.74, 6) is 0.0834. The van der Waals surface area contributed by atoms with Gasteiger partial charge in [-0.3, -0.25) is 14.3 Å². The minimum absolute atomic E-state index is 0.0834. The second kappa shape index (κ2) is 10.9. The molecule has 0 unspecified atom stereocenters. The number of nitrogens with zero attached hydrogens (tertiary/aromatic N) is 5. The van der Waals surface area contributed by atoms with Crippen LogP contribution in [0.2, 0.25) is 0 Å². The molecule has 0 radical (unpaired) electrons. The molecule has 5 aromatic rings. The summed E-state index contributed by atoms with van der Waals surface area (Å²) in [5, 5.41) is 9.16. The molecule has 0 saturated heterocycles. The van der Waals surface area contributed by atoms with Gasteiger partial charge in [-0.15, -0.1) is 11.3 Å². The molecule has 0 fully saturated rings. The van der Waals surface area contributed by atoms with E-state index in [0.29, 0.717) is 37.5 Å². The molecule has 1 aliphatic rings. The molecule has 41 heavy (non-hydrogen) atoms. The lowest BCUT2D eigenvalue weighted by Gasteiger charge is -2.16. The molecule has 0 atom stereocenters. The van der Waals surface area contributed by atoms with Crippen LogP contribution in [0.1, 0.15) is 17.5 Å². The predicted molar refractivity (Wildman–Crippen MR) is 154 cm³/mol. The van der Waals surface area contributed by atoms with Crippen LogP contribution in [-0.2, 0) is 6.54 Å². The Morgan fingerprint density at radius 1 is 1.07 bits per heavy atom. The van der Waals surface area contributed by atoms with Gasteiger partial charge in [0.15, 0.2) is 0 Å². The van der Waals surface area contributed by atoms with Gasteiger partial charge in [0.25, 0.3) is 5.56 Å². The third kappa shape index (κ3) is 5.74. The van der Waals surface area contributed by atoms with E-state index in [0.717, 1.165) is 25.1 Å². The number of halogens is 3. The van der Waals surface area contributed by atoms with Gasteiger partial charge in [0.1, 0.15) is 17.2 Å². The molecule has 1 aliphatic heterocycles. The lowest BCUT2D eigenvalue weighted by atomic mass is 10.0. The van der Waals surface area contributed by atoms with Gasteiger partial charge in [-0.1, -0.05) is 18.2 Å². The van der Waals surface area contributed by atoms with E-state index in [2.05, 4.69) is 36.6 Å². The van der Waals surface area contributed by atoms with Gasteiger partial charge in [-0.2, -0.15) is 18.2 Å². The normalized spacial score (nSPS) is 13.8. The molecular weight excluding hydrogens is 551 g/mol. The Morgan fingerprint density at radius 3 is 2.59 bits per heavy atom. The zero-order chi connectivity index (χ0) is 28.6. The second-order valence-electron chi connectivity index (χ2n) is 9.64. The molecule has 208 valence electrons. The lowest BCUT2D eigenvalue weighted by Crippen LogP contribution is -2.30. The summed E-state index contributed by atoms with van der Waals surface area (Å²) in [5.41, 5.74) is 3.93. The van der Waals surface area contributed by atoms with Crippen LogP contribution in [0, 0.1) is 6.92 Å². The minimum atomic E-state index is -4.64. The largest absolute Gasteiger partial charge is 0.406 e. The fourth-order valence-electron chi connectivity index (χ4n) is 4.82. The first-order valence-corrected chi connectivity index (χ1v) is 13.7. The highest BCUT2D eigenvalue weighted by atomic mass is 32.1. The molecule has 0 spiro atoms. The van der Waals surface area contributed by atoms with Crippen LogP contribution in [0.3, 0.4) is 0 Å². The molecule has 8 nitrogen and oxygen atoms in total. The van der Waals surface area contributed by atoms with Crippen molar-refractivity contribution in [3.8, 4) is 21.8 Å². The van der Waals surface area contributed by atoms with E-state index in [-0.39, 0.29) is 17.2 Å². The number of aromatic nitrogens is 5. The van der Waals surface area contributed by atoms with Crippen LogP contribution < -0.4 is 16.2 Å². The fraction of sp³-hybridized carbons (Fsp3) is 0.207. The number of fused-ring (bicyclic) bond motifs is 1. The summed E-state index contributed by atoms with van der Waals surface area (Å²) in [6.45, 7) is 2.04. The number of rotatable bonds is 6. The average Bonchev–Trinajstić information content (AvgIpc) is 3.50. The summed E-state index contributed by atoms with van der Waals surface area (Å²) in [4.78, 5) is 30.8. The van der Waals surface area contributed by atoms with Crippen LogP contribution in [0.5, 0.6) is 0 Å². The monoisotopic (exact) mass is 575 g/mol. The van der Waals surface area contributed by atoms with E-state index in [1.165, 1.54) is 35.4 Å². The van der Waals surface area contributed by atoms with Crippen molar-refractivity contribution in [3.63, 3.8) is 0 Å². The number of aryl methyl sites for hydroxylation is 1. The van der Waals surface area contributed by atoms with E-state index < -0.39 is 18.3 Å². The molecule has 1 aromatic carbocycles. The van der Waals surface area contributed by atoms with E-state index in [4.69, 9.17) is 0 Å². The van der Waals surface area contributed by atoms with Gasteiger partial charge in [0, 0.05) is 52.7 Å². The van der Waals surface area contributed by atoms with Gasteiger partial charge >= 0.3 is 6.18 Å². The van der Waals surface area contributed by atoms with Crippen LogP contribution in [0.4, 0.5) is 24.8 Å². The Hall–Kier alpha value is -4.42. The Morgan fingerprint density at radius 2 is 1.90 bits per heavy atom. The number of alkyl halides is 3. The maximum Gasteiger partial charge on any atom is 0.406 e. The van der Waals surface area contributed by atoms with E-state index in [1.807, 2.05) is 29.6 Å². The molecule has 2 N–H and O–H groups in total. The molecular formula is C29H24F3N7OS. The number of thiazole rings is 1. The first-order chi connectivity index (χ1) is 19.7. The van der Waals surface area contributed by atoms with E-state index in [1.54, 1.807) is 19.2 Å². The van der Waals surface area contributed by atoms with Crippen molar-refractivity contribution in [2.45, 2.75) is 26.1 Å². The average molecular weight is 576 g/mol. The van der Waals surface area contributed by atoms with Crippen LogP contribution in [-0.4, -0.2) is 43.8 Å². The summed E-state index contributed by atoms with van der Waals surface area (Å²) < 4.78 is 41.6. The molecule has 0 bridgehead atoms. The molecule has 5 heterocycles. The van der Waals surface area contributed by atoms with Crippen LogP contribution >= 0.6 is 11.3 Å². The van der Waals surface area contributed by atoms with Crippen molar-refractivity contribution < 1.29 is 13.2 Å². The number of hydrogen-bond acceptors (Lipinski definition) is 8. The highest BCUT2D eigenvalue weighted by molar-refractivity contribution is 7.13. The Labute approximate surface area is 236 Å². The third-order valence-corrected chi connectivity index (χ3v) is 7.59. The van der Waals surface area contributed by atoms with Crippen LogP contribution in [0.25, 0.3) is 38.4 Å². The van der Waals surface area contributed by atoms with Crippen molar-refractivity contribution in [1.82, 2.24) is 29.8 Å². The van der Waals surface area contributed by atoms with Crippen molar-refractivity contribution >= 4 is 39.6 Å². The summed E-state index contributed by atoms with van der Waals surface area (Å²) >= 11 is 1.42. The van der Waals surface area contributed by atoms with Gasteiger partial charge in [-0.25, -0.2) is 9.97 Å². The molecule has 0 amide bonds. The Bertz CT molecular complexity index is 1810. The quantitative estimate of drug-likeness (QED) is 0.258. The molecule has 0 aliphatic carbocycles. The van der Waals surface area contributed by atoms with Gasteiger partial charge < -0.3 is 10.6 Å². The number of anilines is 2. The van der Waals surface area contributed by atoms with E-state index in [9.17, 15) is 18.0 Å². The SMILES string of the molecule is Cc1cc(-c2nccs2)ncc1-c1cc2cnc(Nc3ccc(C4=CCNCC4)cc3)nc2n(CC(F)(F)F)c1=O. The minimum Gasteiger partial charge on any atom is -0.324 e. The van der Waals surface area contributed by atoms with Gasteiger partial charge in [0.05, 0.1) is 5.69 Å². The zero-order valence-electron chi connectivity index (χ0n) is 21.9. The first kappa shape index (κ1) is 26.8. The standard InChI is InChI=1S/C29H24F3N7OS/c1-17-12-24(26-34-10-11-41-26)35-15-23(17)22-13-20-14-36-28(38-25(20)39(27(22)40)16-29(30,31)32)37-21-4-2-18(3-5-21)19-6-8-33-9-7-19/h2-6,10-15,33H,7-9,16H2,1H3,(H,36,37,38). The maximum atomic E-state index is 13.7. The first-order valence-electron chi connectivity index (χ1n) is 12.9. The number of nitrogens with one attached hydrogen (secondary N) is 2. The summed E-state index contributed by atoms with van der Waals surface area (Å²) in [6.07, 6.45) is 3.02. The summed E-state index contributed by atoms with van der Waals surface area (Å²) in [6, 6.07) is 11.0. The fourth-order valence-corrected chi connectivity index (χ4v) is 5.43. The molecule has 0 saturated carbocycles. The third-order valence-electron chi connectivity index (χ3n) is 6.79. The smallest absolute Gasteiger partial charge is 0.324 e. The molecule has 6 rings (SSSR count). The number of hydrogen-bond donors (Lipinski definition) is 2. The van der Waals surface area contributed by atoms with Gasteiger partial charge in [0.2, 0.25) is 5.95 Å². The summed E-state index contributed by atoms with van der Waals surface area (Å²) in [7, 11) is 0. The van der Waals surface area contributed by atoms with Crippen molar-refractivity contribution in [2.24, 2.45) is 0 Å². The second-order valence-corrected chi connectivity index (χ2v) is 10.5. The zero-order valence-corrected chi connectivity index (χ0v) is 22.7. The van der Waals surface area contributed by atoms with Crippen molar-refractivity contribution in [2.75, 3.05) is 18.4 Å². The Balaban J connectivity index is 1.37. The van der Waals surface area contributed by atoms with Crippen molar-refractivity contribution in [3.05, 3.63) is 87.9 Å². The number of pyridine rings is 2.